The Bertz CT molecular complexity index is 1840. The van der Waals surface area contributed by atoms with E-state index in [1.807, 2.05) is 0 Å². The monoisotopic (exact) mass is 711 g/mol. The molecule has 0 radical (unpaired) electrons. The number of hydrogen-bond acceptors (Lipinski definition) is 10. The smallest absolute Gasteiger partial charge is 0.406 e. The number of piperidine rings is 1. The molecule has 1 unspecified atom stereocenters. The number of halogens is 4. The van der Waals surface area contributed by atoms with Gasteiger partial charge in [-0.2, -0.15) is 13.2 Å². The minimum Gasteiger partial charge on any atom is -0.495 e. The first-order valence-electron chi connectivity index (χ1n) is 15.1. The zero-order valence-electron chi connectivity index (χ0n) is 27.0. The van der Waals surface area contributed by atoms with Gasteiger partial charge in [0.25, 0.3) is 0 Å². The van der Waals surface area contributed by atoms with E-state index in [0.29, 0.717) is 29.7 Å². The molecule has 0 saturated carbocycles. The van der Waals surface area contributed by atoms with Crippen LogP contribution in [0.4, 0.5) is 28.9 Å². The number of anilines is 2. The van der Waals surface area contributed by atoms with Gasteiger partial charge in [0, 0.05) is 50.6 Å². The van der Waals surface area contributed by atoms with E-state index < -0.39 is 53.0 Å². The number of nitrogens with zero attached hydrogens (tertiary/aromatic N) is 2. The maximum atomic E-state index is 15.5. The first-order valence-corrected chi connectivity index (χ1v) is 16.6. The molecule has 2 heterocycles. The van der Waals surface area contributed by atoms with Gasteiger partial charge in [0.2, 0.25) is 10.0 Å². The number of methoxy groups -OCH3 is 1. The van der Waals surface area contributed by atoms with Gasteiger partial charge in [0.05, 0.1) is 41.5 Å². The highest BCUT2D eigenvalue weighted by Gasteiger charge is 2.33. The summed E-state index contributed by atoms with van der Waals surface area (Å²) in [6.07, 6.45) is -6.37. The highest BCUT2D eigenvalue weighted by atomic mass is 32.2. The van der Waals surface area contributed by atoms with E-state index in [4.69, 9.17) is 19.3 Å². The lowest BCUT2D eigenvalue weighted by atomic mass is 10.0. The lowest BCUT2D eigenvalue weighted by Crippen LogP contribution is -2.50. The van der Waals surface area contributed by atoms with Crippen molar-refractivity contribution in [3.8, 4) is 17.6 Å². The summed E-state index contributed by atoms with van der Waals surface area (Å²) in [4.78, 5) is 24.3. The second-order valence-corrected chi connectivity index (χ2v) is 12.9. The van der Waals surface area contributed by atoms with Crippen LogP contribution >= 0.6 is 0 Å². The zero-order valence-corrected chi connectivity index (χ0v) is 27.8. The highest BCUT2D eigenvalue weighted by Crippen LogP contribution is 2.32. The third kappa shape index (κ3) is 10.5. The number of likely N-dealkylation sites (tertiary alicyclic amines) is 1. The van der Waals surface area contributed by atoms with Gasteiger partial charge in [0.15, 0.2) is 0 Å². The van der Waals surface area contributed by atoms with Crippen LogP contribution in [-0.2, 0) is 35.6 Å². The van der Waals surface area contributed by atoms with Crippen LogP contribution in [0.2, 0.25) is 0 Å². The number of carbonyl (C=O) groups is 2. The second-order valence-electron chi connectivity index (χ2n) is 11.4. The summed E-state index contributed by atoms with van der Waals surface area (Å²) in [6.45, 7) is 1.52. The zero-order chi connectivity index (χ0) is 35.9. The highest BCUT2D eigenvalue weighted by molar-refractivity contribution is 7.89. The summed E-state index contributed by atoms with van der Waals surface area (Å²) in [5, 5.41) is 11.7. The molecule has 3 aromatic rings. The number of primary sulfonamides is 1. The molecule has 266 valence electrons. The van der Waals surface area contributed by atoms with Crippen LogP contribution in [-0.4, -0.2) is 94.2 Å². The molecule has 1 aliphatic heterocycles. The Balaban J connectivity index is 1.51. The maximum Gasteiger partial charge on any atom is 0.406 e. The fourth-order valence-corrected chi connectivity index (χ4v) is 6.01. The summed E-state index contributed by atoms with van der Waals surface area (Å²) in [6, 6.07) is 9.56. The number of fused-ring (bicyclic) bond motifs is 1. The van der Waals surface area contributed by atoms with Gasteiger partial charge in [0.1, 0.15) is 31.2 Å². The number of nitrogens with two attached hydrogens (primary N) is 1. The summed E-state index contributed by atoms with van der Waals surface area (Å²) in [5.41, 5.74) is 1.16. The van der Waals surface area contributed by atoms with E-state index >= 15 is 4.39 Å². The van der Waals surface area contributed by atoms with Gasteiger partial charge in [-0.25, -0.2) is 17.9 Å². The van der Waals surface area contributed by atoms with Crippen LogP contribution in [0.25, 0.3) is 10.9 Å². The average molecular weight is 712 g/mol. The summed E-state index contributed by atoms with van der Waals surface area (Å²) in [7, 11) is -2.63. The van der Waals surface area contributed by atoms with Crippen LogP contribution in [0.15, 0.2) is 47.4 Å². The van der Waals surface area contributed by atoms with Crippen molar-refractivity contribution >= 4 is 44.2 Å². The van der Waals surface area contributed by atoms with Crippen molar-refractivity contribution in [2.75, 3.05) is 50.5 Å². The summed E-state index contributed by atoms with van der Waals surface area (Å²) < 4.78 is 96.2. The first-order chi connectivity index (χ1) is 23.0. The number of aromatic nitrogens is 1. The minimum absolute atomic E-state index is 0.0141. The van der Waals surface area contributed by atoms with Gasteiger partial charge >= 0.3 is 18.1 Å². The van der Waals surface area contributed by atoms with Crippen molar-refractivity contribution in [2.45, 2.75) is 56.2 Å². The Morgan fingerprint density at radius 1 is 1.12 bits per heavy atom. The Labute approximate surface area is 280 Å². The molecule has 0 spiro atoms. The molecule has 1 fully saturated rings. The van der Waals surface area contributed by atoms with Crippen LogP contribution in [0.3, 0.4) is 0 Å². The number of rotatable bonds is 12. The van der Waals surface area contributed by atoms with Crippen molar-refractivity contribution in [1.82, 2.24) is 9.47 Å². The van der Waals surface area contributed by atoms with Crippen LogP contribution in [0.5, 0.6) is 5.75 Å². The number of hydrogen-bond donors (Lipinski definition) is 3. The second kappa shape index (κ2) is 15.8. The Kier molecular flexibility index (Phi) is 12.0. The molecule has 0 aliphatic carbocycles. The molecular formula is C32H37F4N5O7S. The van der Waals surface area contributed by atoms with Crippen molar-refractivity contribution < 1.29 is 49.8 Å². The van der Waals surface area contributed by atoms with Crippen molar-refractivity contribution in [3.05, 3.63) is 48.2 Å². The summed E-state index contributed by atoms with van der Waals surface area (Å²) >= 11 is 0. The third-order valence-corrected chi connectivity index (χ3v) is 8.51. The van der Waals surface area contributed by atoms with E-state index in [-0.39, 0.29) is 48.1 Å². The van der Waals surface area contributed by atoms with E-state index in [1.54, 1.807) is 17.0 Å². The predicted molar refractivity (Wildman–Crippen MR) is 173 cm³/mol. The number of nitrogens with one attached hydrogen (secondary N) is 2. The fraction of sp³-hybridized carbons (Fsp3) is 0.438. The predicted octanol–water partition coefficient (Wildman–Crippen LogP) is 3.64. The van der Waals surface area contributed by atoms with Gasteiger partial charge in [-0.1, -0.05) is 12.0 Å². The Morgan fingerprint density at radius 3 is 2.51 bits per heavy atom. The van der Waals surface area contributed by atoms with Gasteiger partial charge in [-0.15, -0.1) is 0 Å². The van der Waals surface area contributed by atoms with Crippen LogP contribution < -0.4 is 20.5 Å². The molecule has 1 aromatic heterocycles. The average Bonchev–Trinajstić information content (AvgIpc) is 3.35. The van der Waals surface area contributed by atoms with Gasteiger partial charge < -0.3 is 29.4 Å². The van der Waals surface area contributed by atoms with Gasteiger partial charge in [-0.05, 0) is 42.7 Å². The number of esters is 2. The van der Waals surface area contributed by atoms with E-state index in [0.717, 1.165) is 4.57 Å². The molecule has 4 N–H and O–H groups in total. The molecule has 0 bridgehead atoms. The van der Waals surface area contributed by atoms with Crippen molar-refractivity contribution in [3.63, 3.8) is 0 Å². The third-order valence-electron chi connectivity index (χ3n) is 7.60. The topological polar surface area (TPSA) is 154 Å². The van der Waals surface area contributed by atoms with E-state index in [1.165, 1.54) is 51.3 Å². The largest absolute Gasteiger partial charge is 0.495 e. The normalized spacial score (nSPS) is 17.5. The molecule has 2 aromatic carbocycles. The number of sulfonamides is 1. The quantitative estimate of drug-likeness (QED) is 0.144. The van der Waals surface area contributed by atoms with Gasteiger partial charge in [-0.3, -0.25) is 14.5 Å². The van der Waals surface area contributed by atoms with E-state index in [2.05, 4.69) is 22.5 Å². The molecule has 49 heavy (non-hydrogen) atoms. The molecule has 1 aliphatic rings. The van der Waals surface area contributed by atoms with Crippen molar-refractivity contribution in [1.29, 1.82) is 0 Å². The number of alkyl halides is 4. The lowest BCUT2D eigenvalue weighted by molar-refractivity contribution is -0.157. The lowest BCUT2D eigenvalue weighted by Gasteiger charge is -2.36. The Morgan fingerprint density at radius 2 is 1.88 bits per heavy atom. The summed E-state index contributed by atoms with van der Waals surface area (Å²) in [5.74, 6) is 4.66. The number of benzene rings is 2. The molecule has 3 atom stereocenters. The van der Waals surface area contributed by atoms with Crippen molar-refractivity contribution in [2.24, 2.45) is 5.14 Å². The molecular weight excluding hydrogens is 674 g/mol. The first kappa shape index (κ1) is 37.3. The Hall–Kier alpha value is -4.53. The molecule has 0 amide bonds. The van der Waals surface area contributed by atoms with Crippen LogP contribution in [0.1, 0.15) is 26.0 Å². The number of carbonyl (C=O) groups excluding carboxylic acids is 2. The molecule has 12 nitrogen and oxygen atoms in total. The van der Waals surface area contributed by atoms with E-state index in [9.17, 15) is 31.2 Å². The molecule has 17 heteroatoms. The maximum absolute atomic E-state index is 15.5. The minimum atomic E-state index is -4.56. The standard InChI is InChI=1S/C32H37F4N5O7S/c1-20(42)47-18-23(48-21(2)43)16-40-13-11-28(26(33)17-40)39-27-7-4-8-30-25(27)14-22(41(30)19-32(34,35)36)6-5-12-38-29-10-9-24(49(37,44)45)15-31(29)46-3/h4,7-10,14-15,23,26,28,38-39H,11-13,16-19H2,1-3H3,(H2,37,44,45)/t23?,26-,28+/m0/s1. The fourth-order valence-electron chi connectivity index (χ4n) is 5.49. The molecule has 4 rings (SSSR count). The van der Waals surface area contributed by atoms with Crippen LogP contribution in [0, 0.1) is 11.8 Å². The SMILES string of the molecule is COc1cc(S(N)(=O)=O)ccc1NCC#Cc1cc2c(N[C@@H]3CCN(CC(COC(C)=O)OC(C)=O)C[C@@H]3F)cccc2n1CC(F)(F)F. The number of ether oxygens (including phenoxy) is 3. The molecule has 1 saturated heterocycles.